The predicted molar refractivity (Wildman–Crippen MR) is 141 cm³/mol. The molecule has 0 heterocycles. The van der Waals surface area contributed by atoms with Crippen molar-refractivity contribution >= 4 is 0 Å². The maximum atomic E-state index is 10.2. The number of hydrogen-bond acceptors (Lipinski definition) is 4. The Morgan fingerprint density at radius 2 is 1.89 bits per heavy atom. The number of aliphatic hydroxyl groups is 3. The van der Waals surface area contributed by atoms with Crippen molar-refractivity contribution in [2.24, 2.45) is 23.2 Å². The first-order valence-corrected chi connectivity index (χ1v) is 13.4. The molecule has 4 heteroatoms. The van der Waals surface area contributed by atoms with Gasteiger partial charge in [-0.1, -0.05) is 50.3 Å². The molecule has 1 aromatic carbocycles. The van der Waals surface area contributed by atoms with Crippen LogP contribution in [0.3, 0.4) is 0 Å². The van der Waals surface area contributed by atoms with Gasteiger partial charge < -0.3 is 20.1 Å². The number of rotatable bonds is 6. The topological polar surface area (TPSA) is 69.9 Å². The van der Waals surface area contributed by atoms with E-state index in [2.05, 4.69) is 32.6 Å². The van der Waals surface area contributed by atoms with Gasteiger partial charge in [-0.2, -0.15) is 0 Å². The Labute approximate surface area is 211 Å². The fourth-order valence-corrected chi connectivity index (χ4v) is 6.98. The molecule has 3 aliphatic rings. The molecule has 0 radical (unpaired) electrons. The molecule has 0 spiro atoms. The van der Waals surface area contributed by atoms with Crippen LogP contribution in [0.25, 0.3) is 0 Å². The lowest BCUT2D eigenvalue weighted by molar-refractivity contribution is 0.0740. The lowest BCUT2D eigenvalue weighted by Crippen LogP contribution is -2.37. The molecule has 6 atom stereocenters. The van der Waals surface area contributed by atoms with Crippen LogP contribution in [0.2, 0.25) is 0 Å². The number of benzene rings is 1. The first-order valence-electron chi connectivity index (χ1n) is 13.4. The average molecular weight is 481 g/mol. The molecule has 0 bridgehead atoms. The molecule has 3 fully saturated rings. The Morgan fingerprint density at radius 1 is 1.17 bits per heavy atom. The summed E-state index contributed by atoms with van der Waals surface area (Å²) in [6.07, 6.45) is 10.3. The highest BCUT2D eigenvalue weighted by Gasteiger charge is 2.50. The van der Waals surface area contributed by atoms with Gasteiger partial charge in [-0.05, 0) is 104 Å². The van der Waals surface area contributed by atoms with Crippen molar-refractivity contribution in [3.8, 4) is 5.75 Å². The zero-order chi connectivity index (χ0) is 25.4. The van der Waals surface area contributed by atoms with Gasteiger partial charge in [0, 0.05) is 6.42 Å². The molecule has 1 aromatic rings. The van der Waals surface area contributed by atoms with Gasteiger partial charge in [-0.3, -0.25) is 0 Å². The number of fused-ring (bicyclic) bond motifs is 1. The molecule has 3 saturated carbocycles. The van der Waals surface area contributed by atoms with E-state index in [-0.39, 0.29) is 5.41 Å². The Kier molecular flexibility index (Phi) is 7.66. The summed E-state index contributed by atoms with van der Waals surface area (Å²) in [6.45, 7) is 13.2. The van der Waals surface area contributed by atoms with Crippen LogP contribution in [0.4, 0.5) is 0 Å². The van der Waals surface area contributed by atoms with Gasteiger partial charge >= 0.3 is 0 Å². The molecule has 35 heavy (non-hydrogen) atoms. The number of hydrogen-bond donors (Lipinski definition) is 3. The van der Waals surface area contributed by atoms with Crippen LogP contribution in [-0.2, 0) is 5.60 Å². The number of allylic oxidation sites excluding steroid dienone is 3. The summed E-state index contributed by atoms with van der Waals surface area (Å²) in [4.78, 5) is 0. The van der Waals surface area contributed by atoms with Gasteiger partial charge in [0.2, 0.25) is 0 Å². The Morgan fingerprint density at radius 3 is 2.57 bits per heavy atom. The summed E-state index contributed by atoms with van der Waals surface area (Å²) >= 11 is 0. The third-order valence-corrected chi connectivity index (χ3v) is 9.06. The summed E-state index contributed by atoms with van der Waals surface area (Å²) in [5.41, 5.74) is 3.59. The van der Waals surface area contributed by atoms with E-state index in [1.54, 1.807) is 13.8 Å². The van der Waals surface area contributed by atoms with E-state index >= 15 is 0 Å². The van der Waals surface area contributed by atoms with E-state index < -0.39 is 17.8 Å². The Balaban J connectivity index is 1.42. The van der Waals surface area contributed by atoms with Gasteiger partial charge in [0.05, 0.1) is 24.4 Å². The van der Waals surface area contributed by atoms with Crippen molar-refractivity contribution in [2.45, 2.75) is 90.4 Å². The lowest BCUT2D eigenvalue weighted by atomic mass is 9.61. The quantitative estimate of drug-likeness (QED) is 0.462. The molecular formula is C31H44O4. The van der Waals surface area contributed by atoms with Crippen LogP contribution in [-0.4, -0.2) is 34.1 Å². The molecule has 3 aliphatic carbocycles. The third kappa shape index (κ3) is 5.60. The molecule has 3 N–H and O–H groups in total. The number of ether oxygens (including phenoxy) is 1. The van der Waals surface area contributed by atoms with E-state index in [0.29, 0.717) is 37.2 Å². The Hall–Kier alpha value is -1.88. The molecule has 0 aliphatic heterocycles. The van der Waals surface area contributed by atoms with Crippen LogP contribution in [0.15, 0.2) is 59.7 Å². The molecule has 2 unspecified atom stereocenters. The van der Waals surface area contributed by atoms with Gasteiger partial charge in [-0.25, -0.2) is 0 Å². The summed E-state index contributed by atoms with van der Waals surface area (Å²) < 4.78 is 6.20. The average Bonchev–Trinajstić information content (AvgIpc) is 3.16. The minimum Gasteiger partial charge on any atom is -0.493 e. The molecule has 4 rings (SSSR count). The Bertz CT molecular complexity index is 967. The van der Waals surface area contributed by atoms with Gasteiger partial charge in [0.1, 0.15) is 5.75 Å². The van der Waals surface area contributed by atoms with E-state index in [9.17, 15) is 15.3 Å². The second kappa shape index (κ2) is 10.2. The lowest BCUT2D eigenvalue weighted by Gasteiger charge is -2.44. The summed E-state index contributed by atoms with van der Waals surface area (Å²) in [6, 6.07) is 7.81. The molecule has 0 saturated heterocycles. The maximum absolute atomic E-state index is 10.2. The normalized spacial score (nSPS) is 34.8. The van der Waals surface area contributed by atoms with Crippen molar-refractivity contribution in [2.75, 3.05) is 6.61 Å². The van der Waals surface area contributed by atoms with E-state index in [4.69, 9.17) is 4.74 Å². The SMILES string of the molecule is C=C1/C(=C\C=C2/CCC[C@@]3(C)C2CCC3[C@@H](C)COc2ccc(C(C)(C)O)cc2)C[C@@H](O)C[C@@H]1O. The first kappa shape index (κ1) is 26.2. The van der Waals surface area contributed by atoms with Crippen LogP contribution in [0, 0.1) is 23.2 Å². The highest BCUT2D eigenvalue weighted by Crippen LogP contribution is 2.59. The van der Waals surface area contributed by atoms with Crippen LogP contribution in [0.1, 0.15) is 78.2 Å². The van der Waals surface area contributed by atoms with Crippen molar-refractivity contribution in [1.29, 1.82) is 0 Å². The van der Waals surface area contributed by atoms with E-state index in [0.717, 1.165) is 28.9 Å². The van der Waals surface area contributed by atoms with Crippen LogP contribution < -0.4 is 4.74 Å². The van der Waals surface area contributed by atoms with Gasteiger partial charge in [0.25, 0.3) is 0 Å². The fourth-order valence-electron chi connectivity index (χ4n) is 6.98. The molecule has 4 nitrogen and oxygen atoms in total. The summed E-state index contributed by atoms with van der Waals surface area (Å²) in [5.74, 6) is 2.52. The molecule has 192 valence electrons. The van der Waals surface area contributed by atoms with Gasteiger partial charge in [-0.15, -0.1) is 0 Å². The molecular weight excluding hydrogens is 436 g/mol. The minimum atomic E-state index is -0.842. The third-order valence-electron chi connectivity index (χ3n) is 9.06. The molecule has 0 aromatic heterocycles. The maximum Gasteiger partial charge on any atom is 0.119 e. The molecule has 0 amide bonds. The monoisotopic (exact) mass is 480 g/mol. The van der Waals surface area contributed by atoms with Crippen molar-refractivity contribution in [3.05, 3.63) is 65.3 Å². The predicted octanol–water partition coefficient (Wildman–Crippen LogP) is 6.07. The summed E-state index contributed by atoms with van der Waals surface area (Å²) in [7, 11) is 0. The second-order valence-corrected chi connectivity index (χ2v) is 12.0. The largest absolute Gasteiger partial charge is 0.493 e. The summed E-state index contributed by atoms with van der Waals surface area (Å²) in [5, 5.41) is 30.4. The van der Waals surface area contributed by atoms with Crippen LogP contribution in [0.5, 0.6) is 5.75 Å². The standard InChI is InChI=1S/C31H44O4/c1-20(19-35-26-12-10-24(11-13-26)30(3,4)34)27-14-15-28-22(7-6-16-31(27,28)5)8-9-23-17-25(32)18-29(33)21(23)2/h8-13,20,25,27-29,32-34H,2,6-7,14-19H2,1,3-5H3/b22-8+,23-9-/t20-,25+,27?,28?,29-,31+/m0/s1. The second-order valence-electron chi connectivity index (χ2n) is 12.0. The number of aliphatic hydroxyl groups excluding tert-OH is 2. The first-order chi connectivity index (χ1) is 16.5. The highest BCUT2D eigenvalue weighted by molar-refractivity contribution is 5.38. The van der Waals surface area contributed by atoms with Crippen LogP contribution >= 0.6 is 0 Å². The fraction of sp³-hybridized carbons (Fsp3) is 0.613. The van der Waals surface area contributed by atoms with Gasteiger partial charge in [0.15, 0.2) is 0 Å². The van der Waals surface area contributed by atoms with E-state index in [1.807, 2.05) is 24.3 Å². The minimum absolute atomic E-state index is 0.277. The van der Waals surface area contributed by atoms with Crippen molar-refractivity contribution < 1.29 is 20.1 Å². The van der Waals surface area contributed by atoms with Crippen molar-refractivity contribution in [3.63, 3.8) is 0 Å². The van der Waals surface area contributed by atoms with Crippen molar-refractivity contribution in [1.82, 2.24) is 0 Å². The van der Waals surface area contributed by atoms with E-state index in [1.165, 1.54) is 31.3 Å². The smallest absolute Gasteiger partial charge is 0.119 e. The highest BCUT2D eigenvalue weighted by atomic mass is 16.5. The zero-order valence-electron chi connectivity index (χ0n) is 22.0. The zero-order valence-corrected chi connectivity index (χ0v) is 22.0.